The molecule has 6 nitrogen and oxygen atoms in total. The maximum absolute atomic E-state index is 12.1. The largest absolute Gasteiger partial charge is 0.503 e. The summed E-state index contributed by atoms with van der Waals surface area (Å²) >= 11 is 0. The zero-order valence-electron chi connectivity index (χ0n) is 27.2. The van der Waals surface area contributed by atoms with Crippen molar-refractivity contribution < 1.29 is 9.52 Å². The predicted octanol–water partition coefficient (Wildman–Crippen LogP) is 11.2. The number of hydrogen-bond acceptors (Lipinski definition) is 5. The Kier molecular flexibility index (Phi) is 6.54. The molecule has 6 heteroatoms. The maximum atomic E-state index is 12.1. The molecular weight excluding hydrogens is 629 g/mol. The molecule has 0 aliphatic heterocycles. The topological polar surface area (TPSA) is 77.0 Å². The van der Waals surface area contributed by atoms with Crippen LogP contribution in [-0.2, 0) is 0 Å². The van der Waals surface area contributed by atoms with E-state index in [0.29, 0.717) is 34.3 Å². The van der Waals surface area contributed by atoms with Crippen LogP contribution in [0.5, 0.6) is 5.75 Å². The Morgan fingerprint density at radius 2 is 1.06 bits per heavy atom. The minimum absolute atomic E-state index is 0.0648. The fraction of sp³-hybridized carbons (Fsp3) is 0. The lowest BCUT2D eigenvalue weighted by atomic mass is 10.0. The summed E-state index contributed by atoms with van der Waals surface area (Å²) in [5.41, 5.74) is 8.54. The van der Waals surface area contributed by atoms with Gasteiger partial charge in [-0.1, -0.05) is 127 Å². The minimum atomic E-state index is 0.0648. The third kappa shape index (κ3) is 4.69. The van der Waals surface area contributed by atoms with Crippen LogP contribution >= 0.6 is 0 Å². The SMILES string of the molecule is Oc1c(-n2c3ccccc3c3cc(-c4ccccc4)ccc32)ccc2c1oc1cccc(-c3nc(-c4ccccc4)nc(-c4ccccc4)n3)c12. The van der Waals surface area contributed by atoms with Crippen LogP contribution < -0.4 is 0 Å². The van der Waals surface area contributed by atoms with Crippen LogP contribution in [0.4, 0.5) is 0 Å². The fourth-order valence-electron chi connectivity index (χ4n) is 7.20. The summed E-state index contributed by atoms with van der Waals surface area (Å²) < 4.78 is 8.60. The van der Waals surface area contributed by atoms with Gasteiger partial charge in [-0.15, -0.1) is 0 Å². The van der Waals surface area contributed by atoms with Crippen molar-refractivity contribution in [2.75, 3.05) is 0 Å². The Labute approximate surface area is 292 Å². The van der Waals surface area contributed by atoms with Gasteiger partial charge in [-0.25, -0.2) is 15.0 Å². The van der Waals surface area contributed by atoms with Gasteiger partial charge in [0.05, 0.1) is 16.7 Å². The van der Waals surface area contributed by atoms with Gasteiger partial charge in [-0.3, -0.25) is 0 Å². The Bertz CT molecular complexity index is 2860. The Morgan fingerprint density at radius 3 is 1.76 bits per heavy atom. The van der Waals surface area contributed by atoms with Crippen LogP contribution in [0.3, 0.4) is 0 Å². The first-order chi connectivity index (χ1) is 25.2. The zero-order valence-corrected chi connectivity index (χ0v) is 27.2. The lowest BCUT2D eigenvalue weighted by molar-refractivity contribution is 0.466. The third-order valence-corrected chi connectivity index (χ3v) is 9.58. The molecule has 7 aromatic carbocycles. The van der Waals surface area contributed by atoms with Crippen molar-refractivity contribution in [3.05, 3.63) is 164 Å². The van der Waals surface area contributed by atoms with E-state index in [2.05, 4.69) is 65.2 Å². The maximum Gasteiger partial charge on any atom is 0.183 e. The lowest BCUT2D eigenvalue weighted by Gasteiger charge is -2.11. The minimum Gasteiger partial charge on any atom is -0.503 e. The first-order valence-electron chi connectivity index (χ1n) is 16.8. The molecule has 0 saturated carbocycles. The summed E-state index contributed by atoms with van der Waals surface area (Å²) in [6, 6.07) is 54.9. The molecule has 10 rings (SSSR count). The van der Waals surface area contributed by atoms with Crippen LogP contribution in [0.1, 0.15) is 0 Å². The summed E-state index contributed by atoms with van der Waals surface area (Å²) in [6.07, 6.45) is 0. The van der Waals surface area contributed by atoms with E-state index >= 15 is 0 Å². The van der Waals surface area contributed by atoms with Gasteiger partial charge < -0.3 is 14.1 Å². The van der Waals surface area contributed by atoms with E-state index < -0.39 is 0 Å². The third-order valence-electron chi connectivity index (χ3n) is 9.58. The molecule has 0 spiro atoms. The van der Waals surface area contributed by atoms with Crippen LogP contribution in [-0.4, -0.2) is 24.6 Å². The van der Waals surface area contributed by atoms with E-state index in [-0.39, 0.29) is 5.75 Å². The van der Waals surface area contributed by atoms with Crippen molar-refractivity contribution in [1.82, 2.24) is 19.5 Å². The number of rotatable bonds is 5. The molecule has 51 heavy (non-hydrogen) atoms. The second kappa shape index (κ2) is 11.5. The molecule has 0 fully saturated rings. The fourth-order valence-corrected chi connectivity index (χ4v) is 7.20. The quantitative estimate of drug-likeness (QED) is 0.199. The summed E-state index contributed by atoms with van der Waals surface area (Å²) in [4.78, 5) is 14.8. The highest BCUT2D eigenvalue weighted by atomic mass is 16.4. The van der Waals surface area contributed by atoms with E-state index in [1.54, 1.807) is 0 Å². The second-order valence-corrected chi connectivity index (χ2v) is 12.6. The van der Waals surface area contributed by atoms with Crippen LogP contribution in [0.15, 0.2) is 168 Å². The number of fused-ring (bicyclic) bond motifs is 6. The highest BCUT2D eigenvalue weighted by Gasteiger charge is 2.22. The zero-order chi connectivity index (χ0) is 33.9. The molecule has 0 radical (unpaired) electrons. The van der Waals surface area contributed by atoms with Crippen molar-refractivity contribution >= 4 is 43.7 Å². The second-order valence-electron chi connectivity index (χ2n) is 12.6. The molecule has 3 aromatic heterocycles. The monoisotopic (exact) mass is 656 g/mol. The number of para-hydroxylation sites is 1. The summed E-state index contributed by atoms with van der Waals surface area (Å²) in [6.45, 7) is 0. The first-order valence-corrected chi connectivity index (χ1v) is 16.8. The summed E-state index contributed by atoms with van der Waals surface area (Å²) in [7, 11) is 0. The van der Waals surface area contributed by atoms with Crippen molar-refractivity contribution in [3.8, 4) is 56.7 Å². The van der Waals surface area contributed by atoms with Gasteiger partial charge in [0, 0.05) is 38.2 Å². The number of aromatic hydroxyl groups is 1. The number of hydrogen-bond donors (Lipinski definition) is 1. The highest BCUT2D eigenvalue weighted by Crippen LogP contribution is 2.44. The van der Waals surface area contributed by atoms with Crippen LogP contribution in [0.2, 0.25) is 0 Å². The molecule has 0 atom stereocenters. The molecule has 0 amide bonds. The van der Waals surface area contributed by atoms with Crippen molar-refractivity contribution in [3.63, 3.8) is 0 Å². The summed E-state index contributed by atoms with van der Waals surface area (Å²) in [5, 5.41) is 15.9. The standard InChI is InChI=1S/C45H28N4O2/c50-41-38(49-36-21-11-10-19-32(36)35-27-31(23-25-37(35)49)28-13-4-1-5-14-28)26-24-33-40-34(20-12-22-39(40)51-42(33)41)45-47-43(29-15-6-2-7-16-29)46-44(48-45)30-17-8-3-9-18-30/h1-27,50H. The number of nitrogens with zero attached hydrogens (tertiary/aromatic N) is 4. The van der Waals surface area contributed by atoms with Crippen molar-refractivity contribution in [2.24, 2.45) is 0 Å². The molecular formula is C45H28N4O2. The molecule has 1 N–H and O–H groups in total. The number of benzene rings is 7. The van der Waals surface area contributed by atoms with E-state index in [0.717, 1.165) is 60.4 Å². The normalized spacial score (nSPS) is 11.6. The summed E-state index contributed by atoms with van der Waals surface area (Å²) in [5.74, 6) is 1.75. The molecule has 0 saturated heterocycles. The van der Waals surface area contributed by atoms with Crippen molar-refractivity contribution in [1.29, 1.82) is 0 Å². The molecule has 0 unspecified atom stereocenters. The van der Waals surface area contributed by atoms with Gasteiger partial charge >= 0.3 is 0 Å². The molecule has 3 heterocycles. The number of aromatic nitrogens is 4. The van der Waals surface area contributed by atoms with Crippen LogP contribution in [0.25, 0.3) is 94.7 Å². The number of furan rings is 1. The predicted molar refractivity (Wildman–Crippen MR) is 205 cm³/mol. The Balaban J connectivity index is 1.18. The van der Waals surface area contributed by atoms with Gasteiger partial charge in [-0.2, -0.15) is 0 Å². The van der Waals surface area contributed by atoms with Gasteiger partial charge in [0.25, 0.3) is 0 Å². The number of phenolic OH excluding ortho intramolecular Hbond substituents is 1. The van der Waals surface area contributed by atoms with Gasteiger partial charge in [0.1, 0.15) is 5.58 Å². The van der Waals surface area contributed by atoms with E-state index in [1.807, 2.05) is 103 Å². The Hall–Kier alpha value is -7.05. The van der Waals surface area contributed by atoms with Crippen molar-refractivity contribution in [2.45, 2.75) is 0 Å². The smallest absolute Gasteiger partial charge is 0.183 e. The molecule has 0 aliphatic carbocycles. The first kappa shape index (κ1) is 28.9. The molecule has 10 aromatic rings. The molecule has 0 bridgehead atoms. The highest BCUT2D eigenvalue weighted by molar-refractivity contribution is 6.15. The van der Waals surface area contributed by atoms with Gasteiger partial charge in [0.2, 0.25) is 0 Å². The van der Waals surface area contributed by atoms with E-state index in [4.69, 9.17) is 19.4 Å². The average molecular weight is 657 g/mol. The van der Waals surface area contributed by atoms with Gasteiger partial charge in [0.15, 0.2) is 28.8 Å². The lowest BCUT2D eigenvalue weighted by Crippen LogP contribution is -2.00. The molecule has 240 valence electrons. The number of phenols is 1. The Morgan fingerprint density at radius 1 is 0.451 bits per heavy atom. The molecule has 0 aliphatic rings. The van der Waals surface area contributed by atoms with Gasteiger partial charge in [-0.05, 0) is 47.5 Å². The van der Waals surface area contributed by atoms with E-state index in [9.17, 15) is 5.11 Å². The van der Waals surface area contributed by atoms with Crippen LogP contribution in [0, 0.1) is 0 Å². The average Bonchev–Trinajstić information content (AvgIpc) is 3.75. The van der Waals surface area contributed by atoms with E-state index in [1.165, 1.54) is 0 Å².